The summed E-state index contributed by atoms with van der Waals surface area (Å²) in [6.45, 7) is 5.16. The van der Waals surface area contributed by atoms with Gasteiger partial charge in [0, 0.05) is 13.5 Å². The van der Waals surface area contributed by atoms with Crippen LogP contribution in [0.2, 0.25) is 0 Å². The van der Waals surface area contributed by atoms with E-state index in [0.717, 1.165) is 5.56 Å². The minimum atomic E-state index is -0.860. The molecule has 0 unspecified atom stereocenters. The van der Waals surface area contributed by atoms with Gasteiger partial charge in [-0.3, -0.25) is 14.4 Å². The first-order valence-corrected chi connectivity index (χ1v) is 7.23. The van der Waals surface area contributed by atoms with Crippen LogP contribution in [0.3, 0.4) is 0 Å². The van der Waals surface area contributed by atoms with Gasteiger partial charge in [-0.2, -0.15) is 0 Å². The number of ether oxygens (including phenoxy) is 1. The SMILES string of the molecule is CCNC(=O)[C@H](C)OC(=O)C[C@@H](NC(C)=O)c1ccccc1. The molecule has 2 N–H and O–H groups in total. The van der Waals surface area contributed by atoms with Gasteiger partial charge in [0.2, 0.25) is 5.91 Å². The highest BCUT2D eigenvalue weighted by Gasteiger charge is 2.22. The Balaban J connectivity index is 2.67. The lowest BCUT2D eigenvalue weighted by atomic mass is 10.0. The highest BCUT2D eigenvalue weighted by atomic mass is 16.5. The molecule has 2 atom stereocenters. The van der Waals surface area contributed by atoms with Crippen LogP contribution >= 0.6 is 0 Å². The van der Waals surface area contributed by atoms with Gasteiger partial charge in [-0.1, -0.05) is 30.3 Å². The Morgan fingerprint density at radius 3 is 2.36 bits per heavy atom. The van der Waals surface area contributed by atoms with E-state index in [0.29, 0.717) is 6.54 Å². The Hall–Kier alpha value is -2.37. The van der Waals surface area contributed by atoms with Crippen molar-refractivity contribution in [3.05, 3.63) is 35.9 Å². The van der Waals surface area contributed by atoms with Crippen LogP contribution in [0.4, 0.5) is 0 Å². The van der Waals surface area contributed by atoms with Crippen LogP contribution in [0, 0.1) is 0 Å². The van der Waals surface area contributed by atoms with E-state index < -0.39 is 18.1 Å². The summed E-state index contributed by atoms with van der Waals surface area (Å²) in [6, 6.07) is 8.67. The van der Waals surface area contributed by atoms with Crippen molar-refractivity contribution in [1.29, 1.82) is 0 Å². The lowest BCUT2D eigenvalue weighted by Gasteiger charge is -2.19. The molecule has 0 aliphatic carbocycles. The van der Waals surface area contributed by atoms with Crippen LogP contribution in [-0.4, -0.2) is 30.4 Å². The van der Waals surface area contributed by atoms with E-state index in [1.807, 2.05) is 30.3 Å². The molecule has 0 saturated heterocycles. The fourth-order valence-corrected chi connectivity index (χ4v) is 1.97. The van der Waals surface area contributed by atoms with Gasteiger partial charge in [0.1, 0.15) is 0 Å². The van der Waals surface area contributed by atoms with Crippen molar-refractivity contribution in [3.8, 4) is 0 Å². The molecule has 0 aromatic heterocycles. The molecular formula is C16H22N2O4. The monoisotopic (exact) mass is 306 g/mol. The molecule has 1 aromatic carbocycles. The molecule has 0 heterocycles. The van der Waals surface area contributed by atoms with Crippen LogP contribution in [0.15, 0.2) is 30.3 Å². The van der Waals surface area contributed by atoms with Crippen LogP contribution in [0.25, 0.3) is 0 Å². The molecule has 6 nitrogen and oxygen atoms in total. The first-order chi connectivity index (χ1) is 10.4. The van der Waals surface area contributed by atoms with E-state index >= 15 is 0 Å². The summed E-state index contributed by atoms with van der Waals surface area (Å²) in [5, 5.41) is 5.30. The number of hydrogen-bond donors (Lipinski definition) is 2. The maximum atomic E-state index is 12.0. The molecule has 6 heteroatoms. The van der Waals surface area contributed by atoms with E-state index in [4.69, 9.17) is 4.74 Å². The van der Waals surface area contributed by atoms with Crippen molar-refractivity contribution in [2.45, 2.75) is 39.3 Å². The molecule has 2 amide bonds. The first kappa shape index (κ1) is 17.7. The van der Waals surface area contributed by atoms with Crippen LogP contribution in [-0.2, 0) is 19.1 Å². The van der Waals surface area contributed by atoms with Crippen molar-refractivity contribution in [2.24, 2.45) is 0 Å². The van der Waals surface area contributed by atoms with Crippen LogP contribution in [0.5, 0.6) is 0 Å². The number of amides is 2. The predicted molar refractivity (Wildman–Crippen MR) is 81.9 cm³/mol. The maximum Gasteiger partial charge on any atom is 0.309 e. The van der Waals surface area contributed by atoms with Gasteiger partial charge in [0.15, 0.2) is 6.10 Å². The molecule has 0 aliphatic heterocycles. The molecule has 1 rings (SSSR count). The van der Waals surface area contributed by atoms with Gasteiger partial charge in [-0.05, 0) is 19.4 Å². The lowest BCUT2D eigenvalue weighted by molar-refractivity contribution is -0.155. The number of hydrogen-bond acceptors (Lipinski definition) is 4. The number of nitrogens with one attached hydrogen (secondary N) is 2. The third kappa shape index (κ3) is 5.95. The predicted octanol–water partition coefficient (Wildman–Crippen LogP) is 1.32. The Labute approximate surface area is 130 Å². The molecule has 22 heavy (non-hydrogen) atoms. The highest BCUT2D eigenvalue weighted by molar-refractivity contribution is 5.83. The number of carbonyl (C=O) groups excluding carboxylic acids is 3. The molecular weight excluding hydrogens is 284 g/mol. The summed E-state index contributed by atoms with van der Waals surface area (Å²) in [7, 11) is 0. The van der Waals surface area contributed by atoms with Gasteiger partial charge < -0.3 is 15.4 Å². The van der Waals surface area contributed by atoms with Crippen LogP contribution < -0.4 is 10.6 Å². The Morgan fingerprint density at radius 1 is 1.18 bits per heavy atom. The molecule has 0 bridgehead atoms. The summed E-state index contributed by atoms with van der Waals surface area (Å²) in [5.41, 5.74) is 0.806. The Bertz CT molecular complexity index is 516. The average molecular weight is 306 g/mol. The Kier molecular flexibility index (Phi) is 7.08. The summed E-state index contributed by atoms with van der Waals surface area (Å²) >= 11 is 0. The third-order valence-electron chi connectivity index (χ3n) is 2.98. The Morgan fingerprint density at radius 2 is 1.82 bits per heavy atom. The zero-order valence-corrected chi connectivity index (χ0v) is 13.1. The topological polar surface area (TPSA) is 84.5 Å². The molecule has 0 aliphatic rings. The number of rotatable bonds is 7. The smallest absolute Gasteiger partial charge is 0.309 e. The van der Waals surface area contributed by atoms with E-state index in [2.05, 4.69) is 10.6 Å². The summed E-state index contributed by atoms with van der Waals surface area (Å²) in [6.07, 6.45) is -0.894. The summed E-state index contributed by atoms with van der Waals surface area (Å²) in [4.78, 5) is 34.8. The summed E-state index contributed by atoms with van der Waals surface area (Å²) in [5.74, 6) is -1.12. The van der Waals surface area contributed by atoms with Gasteiger partial charge in [0.05, 0.1) is 12.5 Å². The van der Waals surface area contributed by atoms with Gasteiger partial charge in [-0.25, -0.2) is 0 Å². The third-order valence-corrected chi connectivity index (χ3v) is 2.98. The van der Waals surface area contributed by atoms with Gasteiger partial charge in [-0.15, -0.1) is 0 Å². The van der Waals surface area contributed by atoms with Crippen molar-refractivity contribution in [1.82, 2.24) is 10.6 Å². The zero-order valence-electron chi connectivity index (χ0n) is 13.1. The molecule has 0 fully saturated rings. The van der Waals surface area contributed by atoms with Crippen molar-refractivity contribution >= 4 is 17.8 Å². The minimum absolute atomic E-state index is 0.0344. The average Bonchev–Trinajstić information content (AvgIpc) is 2.47. The quantitative estimate of drug-likeness (QED) is 0.744. The second-order valence-corrected chi connectivity index (χ2v) is 4.89. The zero-order chi connectivity index (χ0) is 16.5. The van der Waals surface area contributed by atoms with E-state index in [-0.39, 0.29) is 18.2 Å². The normalized spacial score (nSPS) is 12.9. The van der Waals surface area contributed by atoms with E-state index in [1.54, 1.807) is 6.92 Å². The van der Waals surface area contributed by atoms with Gasteiger partial charge in [0.25, 0.3) is 5.91 Å². The molecule has 1 aromatic rings. The minimum Gasteiger partial charge on any atom is -0.452 e. The molecule has 120 valence electrons. The fraction of sp³-hybridized carbons (Fsp3) is 0.438. The maximum absolute atomic E-state index is 12.0. The van der Waals surface area contributed by atoms with Gasteiger partial charge >= 0.3 is 5.97 Å². The molecule has 0 radical (unpaired) electrons. The van der Waals surface area contributed by atoms with E-state index in [1.165, 1.54) is 13.8 Å². The lowest BCUT2D eigenvalue weighted by Crippen LogP contribution is -2.36. The number of benzene rings is 1. The standard InChI is InChI=1S/C16H22N2O4/c1-4-17-16(21)11(2)22-15(20)10-14(18-12(3)19)13-8-6-5-7-9-13/h5-9,11,14H,4,10H2,1-3H3,(H,17,21)(H,18,19)/t11-,14+/m0/s1. The number of esters is 1. The van der Waals surface area contributed by atoms with Crippen molar-refractivity contribution in [3.63, 3.8) is 0 Å². The van der Waals surface area contributed by atoms with Crippen molar-refractivity contribution < 1.29 is 19.1 Å². The highest BCUT2D eigenvalue weighted by Crippen LogP contribution is 2.17. The van der Waals surface area contributed by atoms with Crippen molar-refractivity contribution in [2.75, 3.05) is 6.54 Å². The number of carbonyl (C=O) groups is 3. The van der Waals surface area contributed by atoms with Crippen LogP contribution in [0.1, 0.15) is 38.8 Å². The second kappa shape index (κ2) is 8.81. The van der Waals surface area contributed by atoms with E-state index in [9.17, 15) is 14.4 Å². The number of likely N-dealkylation sites (N-methyl/N-ethyl adjacent to an activating group) is 1. The second-order valence-electron chi connectivity index (χ2n) is 4.89. The fourth-order valence-electron chi connectivity index (χ4n) is 1.97. The largest absolute Gasteiger partial charge is 0.452 e. The summed E-state index contributed by atoms with van der Waals surface area (Å²) < 4.78 is 5.10. The molecule has 0 spiro atoms. The first-order valence-electron chi connectivity index (χ1n) is 7.23. The molecule has 0 saturated carbocycles.